The Kier molecular flexibility index (Phi) is 3.92. The standard InChI is InChI=1S/C18H20N4/c1-13(20-18-19-12-11-17(21-18)22(2)3)15-10-6-8-14-7-4-5-9-16(14)15/h4-13H,1-3H3,(H,19,20,21). The number of nitrogens with zero attached hydrogens (tertiary/aromatic N) is 3. The summed E-state index contributed by atoms with van der Waals surface area (Å²) in [5.74, 6) is 1.54. The largest absolute Gasteiger partial charge is 0.363 e. The first-order valence-corrected chi connectivity index (χ1v) is 7.40. The van der Waals surface area contributed by atoms with Crippen LogP contribution >= 0.6 is 0 Å². The maximum Gasteiger partial charge on any atom is 0.225 e. The number of benzene rings is 2. The SMILES string of the molecule is CC(Nc1nccc(N(C)C)n1)c1cccc2ccccc12. The summed E-state index contributed by atoms with van der Waals surface area (Å²) < 4.78 is 0. The van der Waals surface area contributed by atoms with Crippen LogP contribution in [0.25, 0.3) is 10.8 Å². The third-order valence-corrected chi connectivity index (χ3v) is 3.73. The molecule has 1 N–H and O–H groups in total. The van der Waals surface area contributed by atoms with E-state index in [9.17, 15) is 0 Å². The van der Waals surface area contributed by atoms with E-state index in [1.807, 2.05) is 25.1 Å². The number of fused-ring (bicyclic) bond motifs is 1. The highest BCUT2D eigenvalue weighted by atomic mass is 15.2. The zero-order valence-corrected chi connectivity index (χ0v) is 13.1. The Morgan fingerprint density at radius 3 is 2.59 bits per heavy atom. The van der Waals surface area contributed by atoms with Crippen LogP contribution in [0, 0.1) is 0 Å². The summed E-state index contributed by atoms with van der Waals surface area (Å²) in [7, 11) is 3.94. The molecule has 1 heterocycles. The number of anilines is 2. The molecular formula is C18H20N4. The molecule has 2 aromatic carbocycles. The molecule has 0 aliphatic rings. The smallest absolute Gasteiger partial charge is 0.225 e. The molecule has 0 bridgehead atoms. The van der Waals surface area contributed by atoms with E-state index in [1.165, 1.54) is 16.3 Å². The Morgan fingerprint density at radius 2 is 1.77 bits per heavy atom. The van der Waals surface area contributed by atoms with Crippen LogP contribution in [0.4, 0.5) is 11.8 Å². The highest BCUT2D eigenvalue weighted by molar-refractivity contribution is 5.86. The van der Waals surface area contributed by atoms with Gasteiger partial charge in [0, 0.05) is 20.3 Å². The third-order valence-electron chi connectivity index (χ3n) is 3.73. The second-order valence-electron chi connectivity index (χ2n) is 5.57. The quantitative estimate of drug-likeness (QED) is 0.792. The minimum Gasteiger partial charge on any atom is -0.363 e. The summed E-state index contributed by atoms with van der Waals surface area (Å²) >= 11 is 0. The molecule has 4 nitrogen and oxygen atoms in total. The predicted molar refractivity (Wildman–Crippen MR) is 92.3 cm³/mol. The molecule has 22 heavy (non-hydrogen) atoms. The van der Waals surface area contributed by atoms with Crippen LogP contribution in [0.15, 0.2) is 54.7 Å². The fourth-order valence-corrected chi connectivity index (χ4v) is 2.57. The van der Waals surface area contributed by atoms with Crippen molar-refractivity contribution in [3.8, 4) is 0 Å². The topological polar surface area (TPSA) is 41.1 Å². The first-order valence-electron chi connectivity index (χ1n) is 7.40. The second kappa shape index (κ2) is 6.02. The Balaban J connectivity index is 1.90. The van der Waals surface area contributed by atoms with Gasteiger partial charge >= 0.3 is 0 Å². The zero-order valence-electron chi connectivity index (χ0n) is 13.1. The fraction of sp³-hybridized carbons (Fsp3) is 0.222. The molecule has 0 saturated heterocycles. The van der Waals surface area contributed by atoms with E-state index in [1.54, 1.807) is 6.20 Å². The molecule has 112 valence electrons. The molecule has 1 aromatic heterocycles. The molecule has 0 aliphatic carbocycles. The van der Waals surface area contributed by atoms with Gasteiger partial charge in [-0.3, -0.25) is 0 Å². The van der Waals surface area contributed by atoms with E-state index in [0.717, 1.165) is 5.82 Å². The molecule has 3 aromatic rings. The van der Waals surface area contributed by atoms with Gasteiger partial charge in [-0.25, -0.2) is 4.98 Å². The normalized spacial score (nSPS) is 12.1. The van der Waals surface area contributed by atoms with Crippen LogP contribution in [0.5, 0.6) is 0 Å². The van der Waals surface area contributed by atoms with Crippen molar-refractivity contribution in [1.29, 1.82) is 0 Å². The number of hydrogen-bond donors (Lipinski definition) is 1. The van der Waals surface area contributed by atoms with E-state index < -0.39 is 0 Å². The van der Waals surface area contributed by atoms with Gasteiger partial charge in [-0.05, 0) is 29.3 Å². The minimum absolute atomic E-state index is 0.128. The van der Waals surface area contributed by atoms with Gasteiger partial charge < -0.3 is 10.2 Å². The molecule has 0 fully saturated rings. The van der Waals surface area contributed by atoms with Crippen molar-refractivity contribution in [1.82, 2.24) is 9.97 Å². The lowest BCUT2D eigenvalue weighted by atomic mass is 10.00. The first kappa shape index (κ1) is 14.3. The Bertz CT molecular complexity index is 777. The van der Waals surface area contributed by atoms with E-state index >= 15 is 0 Å². The van der Waals surface area contributed by atoms with Gasteiger partial charge in [0.25, 0.3) is 0 Å². The fourth-order valence-electron chi connectivity index (χ4n) is 2.57. The van der Waals surface area contributed by atoms with Crippen molar-refractivity contribution in [3.63, 3.8) is 0 Å². The second-order valence-corrected chi connectivity index (χ2v) is 5.57. The van der Waals surface area contributed by atoms with Crippen molar-refractivity contribution >= 4 is 22.5 Å². The minimum atomic E-state index is 0.128. The summed E-state index contributed by atoms with van der Waals surface area (Å²) in [4.78, 5) is 10.8. The van der Waals surface area contributed by atoms with Crippen LogP contribution < -0.4 is 10.2 Å². The summed E-state index contributed by atoms with van der Waals surface area (Å²) in [5, 5.41) is 5.90. The summed E-state index contributed by atoms with van der Waals surface area (Å²) in [6, 6.07) is 16.8. The molecule has 1 atom stereocenters. The maximum absolute atomic E-state index is 4.52. The maximum atomic E-state index is 4.52. The lowest BCUT2D eigenvalue weighted by molar-refractivity contribution is 0.865. The van der Waals surface area contributed by atoms with E-state index in [2.05, 4.69) is 64.7 Å². The van der Waals surface area contributed by atoms with E-state index in [0.29, 0.717) is 5.95 Å². The number of aromatic nitrogens is 2. The zero-order chi connectivity index (χ0) is 15.5. The molecule has 0 amide bonds. The van der Waals surface area contributed by atoms with Gasteiger partial charge in [0.05, 0.1) is 6.04 Å². The average Bonchev–Trinajstić information content (AvgIpc) is 2.54. The lowest BCUT2D eigenvalue weighted by Crippen LogP contribution is -2.14. The molecule has 4 heteroatoms. The number of rotatable bonds is 4. The number of nitrogens with one attached hydrogen (secondary N) is 1. The van der Waals surface area contributed by atoms with E-state index in [4.69, 9.17) is 0 Å². The van der Waals surface area contributed by atoms with Crippen LogP contribution in [-0.2, 0) is 0 Å². The Hall–Kier alpha value is -2.62. The first-order chi connectivity index (χ1) is 10.6. The Labute approximate surface area is 130 Å². The van der Waals surface area contributed by atoms with Crippen molar-refractivity contribution in [2.45, 2.75) is 13.0 Å². The predicted octanol–water partition coefficient (Wildman–Crippen LogP) is 3.87. The van der Waals surface area contributed by atoms with Crippen LogP contribution in [0.1, 0.15) is 18.5 Å². The molecular weight excluding hydrogens is 272 g/mol. The van der Waals surface area contributed by atoms with Crippen LogP contribution in [0.2, 0.25) is 0 Å². The van der Waals surface area contributed by atoms with Gasteiger partial charge in [0.2, 0.25) is 5.95 Å². The van der Waals surface area contributed by atoms with Crippen molar-refractivity contribution in [2.75, 3.05) is 24.3 Å². The Morgan fingerprint density at radius 1 is 1.00 bits per heavy atom. The van der Waals surface area contributed by atoms with Crippen LogP contribution in [-0.4, -0.2) is 24.1 Å². The van der Waals surface area contributed by atoms with Gasteiger partial charge in [-0.15, -0.1) is 0 Å². The third kappa shape index (κ3) is 2.86. The van der Waals surface area contributed by atoms with Crippen molar-refractivity contribution in [2.24, 2.45) is 0 Å². The average molecular weight is 292 g/mol. The van der Waals surface area contributed by atoms with Gasteiger partial charge in [-0.1, -0.05) is 42.5 Å². The van der Waals surface area contributed by atoms with Gasteiger partial charge in [0.1, 0.15) is 5.82 Å². The summed E-state index contributed by atoms with van der Waals surface area (Å²) in [5.41, 5.74) is 1.25. The monoisotopic (exact) mass is 292 g/mol. The molecule has 0 saturated carbocycles. The number of hydrogen-bond acceptors (Lipinski definition) is 4. The van der Waals surface area contributed by atoms with Crippen LogP contribution in [0.3, 0.4) is 0 Å². The van der Waals surface area contributed by atoms with Gasteiger partial charge in [0.15, 0.2) is 0 Å². The summed E-state index contributed by atoms with van der Waals surface area (Å²) in [6.45, 7) is 2.13. The summed E-state index contributed by atoms with van der Waals surface area (Å²) in [6.07, 6.45) is 1.78. The van der Waals surface area contributed by atoms with Crippen molar-refractivity contribution in [3.05, 3.63) is 60.3 Å². The highest BCUT2D eigenvalue weighted by Crippen LogP contribution is 2.26. The molecule has 0 aliphatic heterocycles. The molecule has 3 rings (SSSR count). The molecule has 0 radical (unpaired) electrons. The van der Waals surface area contributed by atoms with Crippen molar-refractivity contribution < 1.29 is 0 Å². The molecule has 0 spiro atoms. The van der Waals surface area contributed by atoms with E-state index in [-0.39, 0.29) is 6.04 Å². The lowest BCUT2D eigenvalue weighted by Gasteiger charge is -2.18. The molecule has 1 unspecified atom stereocenters. The van der Waals surface area contributed by atoms with Gasteiger partial charge in [-0.2, -0.15) is 4.98 Å². The highest BCUT2D eigenvalue weighted by Gasteiger charge is 2.11.